The molecule has 0 atom stereocenters. The Morgan fingerprint density at radius 1 is 0.383 bits per heavy atom. The largest absolute Gasteiger partial charge is 0.310 e. The van der Waals surface area contributed by atoms with Gasteiger partial charge in [-0.05, 0) is 115 Å². The highest BCUT2D eigenvalue weighted by molar-refractivity contribution is 6.09. The van der Waals surface area contributed by atoms with E-state index in [1.807, 2.05) is 0 Å². The lowest BCUT2D eigenvalue weighted by Gasteiger charge is -2.30. The molecule has 2 nitrogen and oxygen atoms in total. The molecule has 2 aliphatic carbocycles. The van der Waals surface area contributed by atoms with E-state index in [0.717, 1.165) is 17.1 Å². The standard InChI is InChI=1S/C58H44N2/c1-57(2)49-21-9-5-16-44(49)48-36-41(32-34-51(48)57)59(55-26-14-23-52-56(55)47-19-6-10-22-50(47)58(52,3)4)40-31-33-43-38(35-40)15-13-20-42(43)37-27-29-39(30-28-37)60-53-24-11-7-17-45(53)46-18-8-12-25-54(46)60/h5-36H,1-4H3. The summed E-state index contributed by atoms with van der Waals surface area (Å²) in [5.41, 5.74) is 20.2. The summed E-state index contributed by atoms with van der Waals surface area (Å²) in [6.45, 7) is 9.45. The van der Waals surface area contributed by atoms with E-state index in [9.17, 15) is 0 Å². The molecule has 2 heteroatoms. The molecule has 0 saturated heterocycles. The lowest BCUT2D eigenvalue weighted by atomic mass is 9.82. The van der Waals surface area contributed by atoms with Gasteiger partial charge in [0.2, 0.25) is 0 Å². The predicted octanol–water partition coefficient (Wildman–Crippen LogP) is 15.7. The van der Waals surface area contributed by atoms with Crippen molar-refractivity contribution in [3.63, 3.8) is 0 Å². The van der Waals surface area contributed by atoms with E-state index >= 15 is 0 Å². The topological polar surface area (TPSA) is 8.17 Å². The zero-order valence-corrected chi connectivity index (χ0v) is 34.4. The molecule has 0 unspecified atom stereocenters. The summed E-state index contributed by atoms with van der Waals surface area (Å²) >= 11 is 0. The minimum Gasteiger partial charge on any atom is -0.310 e. The van der Waals surface area contributed by atoms with E-state index in [4.69, 9.17) is 0 Å². The highest BCUT2D eigenvalue weighted by atomic mass is 15.1. The molecule has 2 aliphatic rings. The van der Waals surface area contributed by atoms with Gasteiger partial charge < -0.3 is 9.47 Å². The third kappa shape index (κ3) is 4.88. The SMILES string of the molecule is CC1(C)c2ccccc2-c2cc(N(c3ccc4c(-c5ccc(-n6c7ccccc7c7ccccc76)cc5)cccc4c3)c3cccc4c3-c3ccccc3C4(C)C)ccc21. The molecule has 10 aromatic rings. The molecule has 60 heavy (non-hydrogen) atoms. The van der Waals surface area contributed by atoms with Crippen molar-refractivity contribution in [2.75, 3.05) is 4.90 Å². The Morgan fingerprint density at radius 2 is 0.933 bits per heavy atom. The number of para-hydroxylation sites is 2. The minimum absolute atomic E-state index is 0.0623. The fourth-order valence-electron chi connectivity index (χ4n) is 10.8. The second-order valence-electron chi connectivity index (χ2n) is 17.7. The van der Waals surface area contributed by atoms with Crippen LogP contribution in [0.5, 0.6) is 0 Å². The van der Waals surface area contributed by atoms with Crippen molar-refractivity contribution >= 4 is 49.6 Å². The molecule has 286 valence electrons. The van der Waals surface area contributed by atoms with Gasteiger partial charge in [-0.1, -0.05) is 167 Å². The molecule has 0 N–H and O–H groups in total. The maximum absolute atomic E-state index is 2.51. The quantitative estimate of drug-likeness (QED) is 0.169. The number of aromatic nitrogens is 1. The summed E-state index contributed by atoms with van der Waals surface area (Å²) in [6, 6.07) is 72.3. The molecule has 0 amide bonds. The fourth-order valence-corrected chi connectivity index (χ4v) is 10.8. The molecule has 1 heterocycles. The van der Waals surface area contributed by atoms with Crippen LogP contribution in [0.15, 0.2) is 194 Å². The summed E-state index contributed by atoms with van der Waals surface area (Å²) < 4.78 is 2.39. The molecular formula is C58H44N2. The van der Waals surface area contributed by atoms with Gasteiger partial charge in [-0.2, -0.15) is 0 Å². The van der Waals surface area contributed by atoms with Crippen molar-refractivity contribution in [1.82, 2.24) is 4.57 Å². The summed E-state index contributed by atoms with van der Waals surface area (Å²) in [6.07, 6.45) is 0. The monoisotopic (exact) mass is 768 g/mol. The lowest BCUT2D eigenvalue weighted by Crippen LogP contribution is -2.16. The number of rotatable bonds is 5. The first-order valence-electron chi connectivity index (χ1n) is 21.2. The fraction of sp³-hybridized carbons (Fsp3) is 0.103. The van der Waals surface area contributed by atoms with Crippen molar-refractivity contribution in [3.05, 3.63) is 216 Å². The molecule has 0 saturated carbocycles. The molecular weight excluding hydrogens is 725 g/mol. The molecule has 12 rings (SSSR count). The van der Waals surface area contributed by atoms with E-state index in [0.29, 0.717) is 0 Å². The third-order valence-corrected chi connectivity index (χ3v) is 13.8. The molecule has 0 spiro atoms. The molecule has 0 radical (unpaired) electrons. The predicted molar refractivity (Wildman–Crippen MR) is 254 cm³/mol. The zero-order valence-electron chi connectivity index (χ0n) is 34.4. The highest BCUT2D eigenvalue weighted by Crippen LogP contribution is 2.56. The Bertz CT molecular complexity index is 3320. The average Bonchev–Trinajstić information content (AvgIpc) is 3.83. The molecule has 0 fully saturated rings. The van der Waals surface area contributed by atoms with Crippen LogP contribution < -0.4 is 4.90 Å². The summed E-state index contributed by atoms with van der Waals surface area (Å²) in [4.78, 5) is 2.51. The van der Waals surface area contributed by atoms with Crippen LogP contribution in [0.3, 0.4) is 0 Å². The number of anilines is 3. The van der Waals surface area contributed by atoms with Crippen LogP contribution in [0.4, 0.5) is 17.1 Å². The van der Waals surface area contributed by atoms with Gasteiger partial charge in [0.25, 0.3) is 0 Å². The number of benzene rings is 9. The second-order valence-corrected chi connectivity index (χ2v) is 17.7. The summed E-state index contributed by atoms with van der Waals surface area (Å²) in [7, 11) is 0. The van der Waals surface area contributed by atoms with Gasteiger partial charge in [-0.3, -0.25) is 0 Å². The normalized spacial score (nSPS) is 14.3. The van der Waals surface area contributed by atoms with Crippen LogP contribution in [0.1, 0.15) is 49.9 Å². The van der Waals surface area contributed by atoms with Gasteiger partial charge in [0.05, 0.1) is 16.7 Å². The Balaban J connectivity index is 1.01. The Morgan fingerprint density at radius 3 is 1.68 bits per heavy atom. The number of nitrogens with zero attached hydrogens (tertiary/aromatic N) is 2. The minimum atomic E-state index is -0.107. The van der Waals surface area contributed by atoms with Gasteiger partial charge in [-0.25, -0.2) is 0 Å². The molecule has 1 aromatic heterocycles. The first kappa shape index (κ1) is 34.8. The average molecular weight is 769 g/mol. The van der Waals surface area contributed by atoms with Gasteiger partial charge in [0.1, 0.15) is 0 Å². The second kappa shape index (κ2) is 12.7. The van der Waals surface area contributed by atoms with Crippen LogP contribution in [-0.4, -0.2) is 4.57 Å². The van der Waals surface area contributed by atoms with Crippen molar-refractivity contribution in [3.8, 4) is 39.1 Å². The molecule has 0 bridgehead atoms. The van der Waals surface area contributed by atoms with Crippen molar-refractivity contribution < 1.29 is 0 Å². The van der Waals surface area contributed by atoms with E-state index in [2.05, 4.69) is 231 Å². The molecule has 9 aromatic carbocycles. The van der Waals surface area contributed by atoms with E-state index < -0.39 is 0 Å². The first-order chi connectivity index (χ1) is 29.3. The van der Waals surface area contributed by atoms with Gasteiger partial charge in [0.15, 0.2) is 0 Å². The van der Waals surface area contributed by atoms with Gasteiger partial charge >= 0.3 is 0 Å². The number of fused-ring (bicyclic) bond motifs is 10. The van der Waals surface area contributed by atoms with Crippen LogP contribution in [0.2, 0.25) is 0 Å². The van der Waals surface area contributed by atoms with E-state index in [1.54, 1.807) is 0 Å². The van der Waals surface area contributed by atoms with Crippen LogP contribution in [0, 0.1) is 0 Å². The third-order valence-electron chi connectivity index (χ3n) is 13.8. The summed E-state index contributed by atoms with van der Waals surface area (Å²) in [5.74, 6) is 0. The van der Waals surface area contributed by atoms with Crippen LogP contribution >= 0.6 is 0 Å². The number of hydrogen-bond acceptors (Lipinski definition) is 1. The molecule has 0 aliphatic heterocycles. The summed E-state index contributed by atoms with van der Waals surface area (Å²) in [5, 5.41) is 5.00. The highest BCUT2D eigenvalue weighted by Gasteiger charge is 2.39. The van der Waals surface area contributed by atoms with Crippen LogP contribution in [0.25, 0.3) is 71.6 Å². The van der Waals surface area contributed by atoms with Crippen molar-refractivity contribution in [2.45, 2.75) is 38.5 Å². The Kier molecular flexibility index (Phi) is 7.36. The lowest BCUT2D eigenvalue weighted by molar-refractivity contribution is 0.660. The first-order valence-corrected chi connectivity index (χ1v) is 21.2. The van der Waals surface area contributed by atoms with Gasteiger partial charge in [-0.15, -0.1) is 0 Å². The Hall–Kier alpha value is -7.16. The maximum atomic E-state index is 2.51. The van der Waals surface area contributed by atoms with E-state index in [-0.39, 0.29) is 10.8 Å². The van der Waals surface area contributed by atoms with Crippen molar-refractivity contribution in [1.29, 1.82) is 0 Å². The van der Waals surface area contributed by atoms with Crippen molar-refractivity contribution in [2.24, 2.45) is 0 Å². The van der Waals surface area contributed by atoms with Gasteiger partial charge in [0, 0.05) is 44.2 Å². The van der Waals surface area contributed by atoms with Crippen LogP contribution in [-0.2, 0) is 10.8 Å². The Labute approximate surface area is 351 Å². The number of hydrogen-bond donors (Lipinski definition) is 0. The van der Waals surface area contributed by atoms with E-state index in [1.165, 1.54) is 93.9 Å². The zero-order chi connectivity index (χ0) is 40.3. The smallest absolute Gasteiger partial charge is 0.0543 e. The maximum Gasteiger partial charge on any atom is 0.0543 e.